The number of anilines is 1. The minimum absolute atomic E-state index is 0.0537. The van der Waals surface area contributed by atoms with Crippen LogP contribution in [-0.2, 0) is 19.1 Å². The lowest BCUT2D eigenvalue weighted by molar-refractivity contribution is -0.142. The maximum Gasteiger partial charge on any atom is 0.252 e. The highest BCUT2D eigenvalue weighted by molar-refractivity contribution is 5.98. The van der Waals surface area contributed by atoms with E-state index in [1.165, 1.54) is 0 Å². The fourth-order valence-corrected chi connectivity index (χ4v) is 5.81. The van der Waals surface area contributed by atoms with E-state index in [-0.39, 0.29) is 42.0 Å². The molecule has 202 valence electrons. The SMILES string of the molecule is CCN(CC)c1ccc(C(=O)NCCC(C)CC(=O)N2CCC3C2C(=O)CN3C(=O)C2CCCO2)cc1. The molecule has 3 aliphatic heterocycles. The summed E-state index contributed by atoms with van der Waals surface area (Å²) in [7, 11) is 0. The van der Waals surface area contributed by atoms with Crippen LogP contribution in [0.1, 0.15) is 63.2 Å². The van der Waals surface area contributed by atoms with Gasteiger partial charge in [0.15, 0.2) is 5.78 Å². The lowest BCUT2D eigenvalue weighted by atomic mass is 10.0. The predicted octanol–water partition coefficient (Wildman–Crippen LogP) is 2.24. The van der Waals surface area contributed by atoms with Crippen molar-refractivity contribution in [2.75, 3.05) is 44.2 Å². The predicted molar refractivity (Wildman–Crippen MR) is 140 cm³/mol. The van der Waals surface area contributed by atoms with Gasteiger partial charge < -0.3 is 24.8 Å². The van der Waals surface area contributed by atoms with Gasteiger partial charge in [0, 0.05) is 50.5 Å². The number of Topliss-reactive ketones (excluding diaryl/α,β-unsaturated/α-hetero) is 1. The van der Waals surface area contributed by atoms with E-state index in [1.807, 2.05) is 31.2 Å². The monoisotopic (exact) mass is 512 g/mol. The van der Waals surface area contributed by atoms with Gasteiger partial charge in [0.25, 0.3) is 11.8 Å². The molecule has 0 saturated carbocycles. The Morgan fingerprint density at radius 3 is 2.49 bits per heavy atom. The lowest BCUT2D eigenvalue weighted by Gasteiger charge is -2.26. The summed E-state index contributed by atoms with van der Waals surface area (Å²) in [6, 6.07) is 6.83. The highest BCUT2D eigenvalue weighted by Crippen LogP contribution is 2.32. The van der Waals surface area contributed by atoms with Crippen molar-refractivity contribution in [1.29, 1.82) is 0 Å². The number of hydrogen-bond donors (Lipinski definition) is 1. The van der Waals surface area contributed by atoms with Gasteiger partial charge in [0.1, 0.15) is 12.1 Å². The molecule has 1 aromatic carbocycles. The third-order valence-corrected chi connectivity index (χ3v) is 7.93. The van der Waals surface area contributed by atoms with Gasteiger partial charge in [-0.3, -0.25) is 19.2 Å². The van der Waals surface area contributed by atoms with Crippen molar-refractivity contribution in [1.82, 2.24) is 15.1 Å². The van der Waals surface area contributed by atoms with Gasteiger partial charge in [-0.05, 0) is 69.7 Å². The van der Waals surface area contributed by atoms with Crippen molar-refractivity contribution in [3.63, 3.8) is 0 Å². The third-order valence-electron chi connectivity index (χ3n) is 7.93. The number of rotatable bonds is 10. The zero-order valence-corrected chi connectivity index (χ0v) is 22.3. The Hall–Kier alpha value is -2.94. The molecule has 4 rings (SSSR count). The quantitative estimate of drug-likeness (QED) is 0.516. The molecule has 37 heavy (non-hydrogen) atoms. The molecule has 4 unspecified atom stereocenters. The third kappa shape index (κ3) is 5.98. The van der Waals surface area contributed by atoms with Gasteiger partial charge in [-0.25, -0.2) is 0 Å². The number of ether oxygens (including phenoxy) is 1. The summed E-state index contributed by atoms with van der Waals surface area (Å²) in [5.74, 6) is -0.302. The first-order chi connectivity index (χ1) is 17.8. The molecule has 4 atom stereocenters. The molecule has 3 heterocycles. The minimum atomic E-state index is -0.538. The molecule has 1 N–H and O–H groups in total. The Morgan fingerprint density at radius 1 is 1.11 bits per heavy atom. The number of likely N-dealkylation sites (tertiary alicyclic amines) is 2. The van der Waals surface area contributed by atoms with Gasteiger partial charge in [-0.1, -0.05) is 6.92 Å². The summed E-state index contributed by atoms with van der Waals surface area (Å²) >= 11 is 0. The molecule has 0 spiro atoms. The number of benzene rings is 1. The number of carbonyl (C=O) groups excluding carboxylic acids is 4. The van der Waals surface area contributed by atoms with Crippen LogP contribution in [0.3, 0.4) is 0 Å². The van der Waals surface area contributed by atoms with E-state index in [4.69, 9.17) is 4.74 Å². The smallest absolute Gasteiger partial charge is 0.252 e. The summed E-state index contributed by atoms with van der Waals surface area (Å²) in [6.07, 6.45) is 2.70. The molecule has 9 nitrogen and oxygen atoms in total. The number of hydrogen-bond acceptors (Lipinski definition) is 6. The molecule has 3 amide bonds. The van der Waals surface area contributed by atoms with E-state index in [0.29, 0.717) is 50.9 Å². The molecule has 3 fully saturated rings. The molecule has 9 heteroatoms. The molecule has 0 aliphatic carbocycles. The zero-order valence-electron chi connectivity index (χ0n) is 22.3. The van der Waals surface area contributed by atoms with Crippen LogP contribution in [-0.4, -0.2) is 90.8 Å². The van der Waals surface area contributed by atoms with Gasteiger partial charge in [-0.15, -0.1) is 0 Å². The standard InChI is InChI=1S/C28H40N4O5/c1-4-30(5-2)21-10-8-20(9-11-21)27(35)29-14-12-19(3)17-25(34)31-15-13-22-26(31)23(33)18-32(22)28(36)24-7-6-16-37-24/h8-11,19,22,24,26H,4-7,12-18H2,1-3H3,(H,29,35). The Labute approximate surface area is 219 Å². The number of nitrogens with one attached hydrogen (secondary N) is 1. The Bertz CT molecular complexity index is 987. The van der Waals surface area contributed by atoms with Crippen molar-refractivity contribution >= 4 is 29.2 Å². The van der Waals surface area contributed by atoms with Crippen LogP contribution in [0.2, 0.25) is 0 Å². The minimum Gasteiger partial charge on any atom is -0.372 e. The first-order valence-corrected chi connectivity index (χ1v) is 13.7. The summed E-state index contributed by atoms with van der Waals surface area (Å²) < 4.78 is 5.53. The van der Waals surface area contributed by atoms with Gasteiger partial charge in [-0.2, -0.15) is 0 Å². The molecule has 3 aliphatic rings. The highest BCUT2D eigenvalue weighted by Gasteiger charge is 2.52. The number of nitrogens with zero attached hydrogens (tertiary/aromatic N) is 3. The molecular weight excluding hydrogens is 472 g/mol. The van der Waals surface area contributed by atoms with Gasteiger partial charge in [0.05, 0.1) is 12.6 Å². The van der Waals surface area contributed by atoms with Crippen molar-refractivity contribution in [2.45, 2.75) is 71.1 Å². The molecule has 1 aromatic rings. The van der Waals surface area contributed by atoms with Gasteiger partial charge >= 0.3 is 0 Å². The van der Waals surface area contributed by atoms with Crippen molar-refractivity contribution < 1.29 is 23.9 Å². The topological polar surface area (TPSA) is 99.3 Å². The van der Waals surface area contributed by atoms with E-state index in [0.717, 1.165) is 25.2 Å². The molecule has 0 bridgehead atoms. The summed E-state index contributed by atoms with van der Waals surface area (Å²) in [6.45, 7) is 9.63. The Kier molecular flexibility index (Phi) is 8.84. The molecule has 0 aromatic heterocycles. The van der Waals surface area contributed by atoms with Crippen LogP contribution in [0.15, 0.2) is 24.3 Å². The molecular formula is C28H40N4O5. The average Bonchev–Trinajstić information content (AvgIpc) is 3.64. The summed E-state index contributed by atoms with van der Waals surface area (Å²) in [5.41, 5.74) is 1.71. The molecule has 0 radical (unpaired) electrons. The van der Waals surface area contributed by atoms with Crippen LogP contribution >= 0.6 is 0 Å². The van der Waals surface area contributed by atoms with Crippen molar-refractivity contribution in [2.24, 2.45) is 5.92 Å². The van der Waals surface area contributed by atoms with E-state index < -0.39 is 12.1 Å². The number of fused-ring (bicyclic) bond motifs is 1. The first kappa shape index (κ1) is 27.1. The maximum absolute atomic E-state index is 13.1. The molecule has 3 saturated heterocycles. The normalized spacial score (nSPS) is 23.8. The average molecular weight is 513 g/mol. The second kappa shape index (κ2) is 12.1. The fourth-order valence-electron chi connectivity index (χ4n) is 5.81. The lowest BCUT2D eigenvalue weighted by Crippen LogP contribution is -2.45. The van der Waals surface area contributed by atoms with E-state index in [1.54, 1.807) is 9.80 Å². The summed E-state index contributed by atoms with van der Waals surface area (Å²) in [5, 5.41) is 2.95. The van der Waals surface area contributed by atoms with Crippen LogP contribution in [0, 0.1) is 5.92 Å². The van der Waals surface area contributed by atoms with E-state index in [2.05, 4.69) is 24.1 Å². The van der Waals surface area contributed by atoms with Crippen LogP contribution in [0.25, 0.3) is 0 Å². The number of ketones is 1. The fraction of sp³-hybridized carbons (Fsp3) is 0.643. The van der Waals surface area contributed by atoms with E-state index >= 15 is 0 Å². The Balaban J connectivity index is 1.23. The van der Waals surface area contributed by atoms with Crippen LogP contribution in [0.5, 0.6) is 0 Å². The maximum atomic E-state index is 13.1. The van der Waals surface area contributed by atoms with Crippen LogP contribution in [0.4, 0.5) is 5.69 Å². The number of amides is 3. The largest absolute Gasteiger partial charge is 0.372 e. The van der Waals surface area contributed by atoms with E-state index in [9.17, 15) is 19.2 Å². The Morgan fingerprint density at radius 2 is 1.84 bits per heavy atom. The first-order valence-electron chi connectivity index (χ1n) is 13.7. The second-order valence-electron chi connectivity index (χ2n) is 10.4. The highest BCUT2D eigenvalue weighted by atomic mass is 16.5. The number of carbonyl (C=O) groups is 4. The summed E-state index contributed by atoms with van der Waals surface area (Å²) in [4.78, 5) is 56.8. The van der Waals surface area contributed by atoms with Crippen molar-refractivity contribution in [3.05, 3.63) is 29.8 Å². The van der Waals surface area contributed by atoms with Crippen molar-refractivity contribution in [3.8, 4) is 0 Å². The second-order valence-corrected chi connectivity index (χ2v) is 10.4. The van der Waals surface area contributed by atoms with Gasteiger partial charge in [0.2, 0.25) is 5.91 Å². The van der Waals surface area contributed by atoms with Crippen LogP contribution < -0.4 is 10.2 Å². The zero-order chi connectivity index (χ0) is 26.5.